The lowest BCUT2D eigenvalue weighted by molar-refractivity contribution is -0.689. The van der Waals surface area contributed by atoms with Gasteiger partial charge in [0.2, 0.25) is 5.51 Å². The van der Waals surface area contributed by atoms with Crippen LogP contribution in [0.4, 0.5) is 5.82 Å². The lowest BCUT2D eigenvalue weighted by atomic mass is 10.2. The third-order valence-electron chi connectivity index (χ3n) is 3.10. The summed E-state index contributed by atoms with van der Waals surface area (Å²) in [5.74, 6) is 1.32. The molecule has 110 valence electrons. The van der Waals surface area contributed by atoms with Crippen LogP contribution < -0.4 is 22.7 Å². The number of anilines is 1. The van der Waals surface area contributed by atoms with Gasteiger partial charge in [0.15, 0.2) is 12.2 Å². The first-order chi connectivity index (χ1) is 9.15. The highest BCUT2D eigenvalue weighted by molar-refractivity contribution is 7.09. The van der Waals surface area contributed by atoms with Crippen molar-refractivity contribution < 1.29 is 22.1 Å². The van der Waals surface area contributed by atoms with E-state index in [1.807, 2.05) is 12.4 Å². The summed E-state index contributed by atoms with van der Waals surface area (Å²) >= 11 is 1.65. The Morgan fingerprint density at radius 3 is 2.80 bits per heavy atom. The molecule has 2 rings (SSSR count). The molecule has 2 heterocycles. The quantitative estimate of drug-likeness (QED) is 0.618. The van der Waals surface area contributed by atoms with Crippen molar-refractivity contribution in [2.75, 3.05) is 12.3 Å². The lowest BCUT2D eigenvalue weighted by Gasteiger charge is -2.03. The SMILES string of the molecule is CCc1ncc(C[n+]2csc(CCO)c2C)c(N)n1.[Cl-]. The number of aliphatic hydroxyl groups excluding tert-OH is 1. The minimum Gasteiger partial charge on any atom is -1.00 e. The maximum Gasteiger partial charge on any atom is 0.225 e. The van der Waals surface area contributed by atoms with Crippen LogP contribution >= 0.6 is 11.3 Å². The second-order valence-corrected chi connectivity index (χ2v) is 5.32. The van der Waals surface area contributed by atoms with Crippen molar-refractivity contribution in [1.82, 2.24) is 9.97 Å². The van der Waals surface area contributed by atoms with E-state index >= 15 is 0 Å². The van der Waals surface area contributed by atoms with Crippen LogP contribution in [-0.4, -0.2) is 21.7 Å². The minimum absolute atomic E-state index is 0. The van der Waals surface area contributed by atoms with E-state index < -0.39 is 0 Å². The van der Waals surface area contributed by atoms with Gasteiger partial charge in [0.05, 0.1) is 10.4 Å². The van der Waals surface area contributed by atoms with Crippen LogP contribution in [0.1, 0.15) is 28.9 Å². The smallest absolute Gasteiger partial charge is 0.225 e. The Bertz CT molecular complexity index is 573. The van der Waals surface area contributed by atoms with Crippen molar-refractivity contribution in [1.29, 1.82) is 0 Å². The van der Waals surface area contributed by atoms with E-state index in [0.29, 0.717) is 18.8 Å². The molecule has 0 amide bonds. The van der Waals surface area contributed by atoms with Crippen LogP contribution in [0.25, 0.3) is 0 Å². The van der Waals surface area contributed by atoms with Gasteiger partial charge in [-0.05, 0) is 0 Å². The molecule has 0 radical (unpaired) electrons. The Morgan fingerprint density at radius 2 is 2.20 bits per heavy atom. The van der Waals surface area contributed by atoms with Gasteiger partial charge in [0, 0.05) is 32.6 Å². The van der Waals surface area contributed by atoms with E-state index in [9.17, 15) is 0 Å². The van der Waals surface area contributed by atoms with Crippen molar-refractivity contribution in [2.45, 2.75) is 33.2 Å². The molecule has 5 nitrogen and oxygen atoms in total. The molecular weight excluding hydrogens is 296 g/mol. The predicted octanol–water partition coefficient (Wildman–Crippen LogP) is -2.13. The van der Waals surface area contributed by atoms with Gasteiger partial charge in [-0.3, -0.25) is 0 Å². The number of nitrogen functional groups attached to an aromatic ring is 1. The van der Waals surface area contributed by atoms with Crippen LogP contribution in [0, 0.1) is 6.92 Å². The maximum atomic E-state index is 9.00. The molecule has 0 saturated carbocycles. The summed E-state index contributed by atoms with van der Waals surface area (Å²) < 4.78 is 2.12. The Morgan fingerprint density at radius 1 is 1.45 bits per heavy atom. The number of halogens is 1. The number of rotatable bonds is 5. The van der Waals surface area contributed by atoms with Crippen molar-refractivity contribution in [2.24, 2.45) is 0 Å². The topological polar surface area (TPSA) is 75.9 Å². The molecule has 7 heteroatoms. The Labute approximate surface area is 128 Å². The number of aromatic nitrogens is 3. The summed E-state index contributed by atoms with van der Waals surface area (Å²) in [5.41, 5.74) is 10.1. The van der Waals surface area contributed by atoms with E-state index in [1.165, 1.54) is 4.88 Å². The van der Waals surface area contributed by atoms with Gasteiger partial charge in [0.1, 0.15) is 11.6 Å². The fourth-order valence-corrected chi connectivity index (χ4v) is 2.87. The molecule has 0 aliphatic carbocycles. The van der Waals surface area contributed by atoms with E-state index in [2.05, 4.69) is 21.5 Å². The summed E-state index contributed by atoms with van der Waals surface area (Å²) in [4.78, 5) is 9.76. The average molecular weight is 315 g/mol. The molecule has 0 atom stereocenters. The second kappa shape index (κ2) is 7.52. The summed E-state index contributed by atoms with van der Waals surface area (Å²) in [6, 6.07) is 0. The largest absolute Gasteiger partial charge is 1.00 e. The van der Waals surface area contributed by atoms with Crippen LogP contribution in [0.3, 0.4) is 0 Å². The Hall–Kier alpha value is -1.24. The zero-order chi connectivity index (χ0) is 13.8. The molecule has 3 N–H and O–H groups in total. The van der Waals surface area contributed by atoms with Crippen LogP contribution in [0.15, 0.2) is 11.7 Å². The molecule has 0 aliphatic rings. The number of aryl methyl sites for hydroxylation is 1. The van der Waals surface area contributed by atoms with Crippen molar-refractivity contribution in [3.05, 3.63) is 33.7 Å². The van der Waals surface area contributed by atoms with Gasteiger partial charge in [-0.2, -0.15) is 4.57 Å². The van der Waals surface area contributed by atoms with Crippen LogP contribution in [0.2, 0.25) is 0 Å². The van der Waals surface area contributed by atoms with Gasteiger partial charge in [-0.15, -0.1) is 0 Å². The number of aliphatic hydroxyl groups is 1. The van der Waals surface area contributed by atoms with Crippen molar-refractivity contribution in [3.63, 3.8) is 0 Å². The molecular formula is C13H19ClN4OS. The molecule has 0 aliphatic heterocycles. The Kier molecular flexibility index (Phi) is 6.32. The third-order valence-corrected chi connectivity index (χ3v) is 4.24. The normalized spacial score (nSPS) is 10.3. The van der Waals surface area contributed by atoms with E-state index in [0.717, 1.165) is 23.5 Å². The second-order valence-electron chi connectivity index (χ2n) is 4.38. The van der Waals surface area contributed by atoms with Gasteiger partial charge in [-0.1, -0.05) is 18.3 Å². The zero-order valence-electron chi connectivity index (χ0n) is 11.6. The van der Waals surface area contributed by atoms with Gasteiger partial charge in [0.25, 0.3) is 0 Å². The number of hydrogen-bond acceptors (Lipinski definition) is 5. The molecule has 20 heavy (non-hydrogen) atoms. The molecule has 0 bridgehead atoms. The molecule has 0 fully saturated rings. The number of nitrogens with zero attached hydrogens (tertiary/aromatic N) is 3. The monoisotopic (exact) mass is 314 g/mol. The highest BCUT2D eigenvalue weighted by atomic mass is 35.5. The van der Waals surface area contributed by atoms with Crippen LogP contribution in [-0.2, 0) is 19.4 Å². The minimum atomic E-state index is 0. The van der Waals surface area contributed by atoms with E-state index in [4.69, 9.17) is 10.8 Å². The zero-order valence-corrected chi connectivity index (χ0v) is 13.2. The van der Waals surface area contributed by atoms with Gasteiger partial charge < -0.3 is 23.2 Å². The molecule has 0 unspecified atom stereocenters. The molecule has 2 aromatic heterocycles. The summed E-state index contributed by atoms with van der Waals surface area (Å²) in [6.45, 7) is 4.91. The van der Waals surface area contributed by atoms with E-state index in [1.54, 1.807) is 17.5 Å². The highest BCUT2D eigenvalue weighted by Gasteiger charge is 2.17. The van der Waals surface area contributed by atoms with E-state index in [-0.39, 0.29) is 19.0 Å². The van der Waals surface area contributed by atoms with Crippen LogP contribution in [0.5, 0.6) is 0 Å². The summed E-state index contributed by atoms with van der Waals surface area (Å²) in [7, 11) is 0. The number of thiazole rings is 1. The van der Waals surface area contributed by atoms with Crippen molar-refractivity contribution >= 4 is 17.2 Å². The highest BCUT2D eigenvalue weighted by Crippen LogP contribution is 2.13. The first-order valence-electron chi connectivity index (χ1n) is 6.33. The van der Waals surface area contributed by atoms with Crippen molar-refractivity contribution in [3.8, 4) is 0 Å². The third kappa shape index (κ3) is 3.65. The average Bonchev–Trinajstić information content (AvgIpc) is 2.74. The fourth-order valence-electron chi connectivity index (χ4n) is 1.88. The number of hydrogen-bond donors (Lipinski definition) is 2. The van der Waals surface area contributed by atoms with Gasteiger partial charge in [-0.25, -0.2) is 9.97 Å². The molecule has 0 spiro atoms. The summed E-state index contributed by atoms with van der Waals surface area (Å²) in [6.07, 6.45) is 3.29. The summed E-state index contributed by atoms with van der Waals surface area (Å²) in [5, 5.41) is 9.00. The maximum absolute atomic E-state index is 9.00. The fraction of sp³-hybridized carbons (Fsp3) is 0.462. The first-order valence-corrected chi connectivity index (χ1v) is 7.21. The molecule has 0 saturated heterocycles. The lowest BCUT2D eigenvalue weighted by Crippen LogP contribution is -3.00. The standard InChI is InChI=1S/C13H19N4OS.ClH/c1-3-12-15-6-10(13(14)16-12)7-17-8-19-11(4-5-18)9(17)2;/h6,8,18H,3-5,7H2,1-2H3,(H2,14,15,16);1H/q+1;/p-1. The molecule has 2 aromatic rings. The predicted molar refractivity (Wildman–Crippen MR) is 75.0 cm³/mol. The Balaban J connectivity index is 0.00000200. The van der Waals surface area contributed by atoms with Gasteiger partial charge >= 0.3 is 0 Å². The molecule has 0 aromatic carbocycles. The first kappa shape index (κ1) is 16.8. The number of nitrogens with two attached hydrogens (primary N) is 1.